The zero-order chi connectivity index (χ0) is 17.8. The van der Waals surface area contributed by atoms with E-state index < -0.39 is 18.5 Å². The normalized spacial score (nSPS) is 15.0. The maximum absolute atomic E-state index is 12.1. The molecule has 3 rings (SSSR count). The van der Waals surface area contributed by atoms with E-state index in [-0.39, 0.29) is 11.6 Å². The molecule has 25 heavy (non-hydrogen) atoms. The van der Waals surface area contributed by atoms with Gasteiger partial charge in [0.2, 0.25) is 5.90 Å². The number of hydrogen-bond donors (Lipinski definition) is 1. The zero-order valence-electron chi connectivity index (χ0n) is 13.4. The lowest BCUT2D eigenvalue weighted by atomic mass is 10.1. The molecule has 0 fully saturated rings. The van der Waals surface area contributed by atoms with Crippen molar-refractivity contribution in [2.45, 2.75) is 6.92 Å². The molecule has 0 saturated heterocycles. The molecular weight excluding hydrogens is 322 g/mol. The summed E-state index contributed by atoms with van der Waals surface area (Å²) in [5.74, 6) is -1.06. The third-order valence-electron chi connectivity index (χ3n) is 3.48. The lowest BCUT2D eigenvalue weighted by Gasteiger charge is -2.06. The minimum absolute atomic E-state index is 0.127. The molecule has 0 atom stereocenters. The SMILES string of the molecule is Cc1ccc(C2=NC(=Cc3ccccc3OCC(=O)O)C(=O)O2)cc1. The maximum atomic E-state index is 12.1. The van der Waals surface area contributed by atoms with Crippen LogP contribution >= 0.6 is 0 Å². The number of esters is 1. The van der Waals surface area contributed by atoms with E-state index in [0.717, 1.165) is 5.56 Å². The first-order chi connectivity index (χ1) is 12.0. The van der Waals surface area contributed by atoms with Crippen molar-refractivity contribution >= 4 is 23.9 Å². The van der Waals surface area contributed by atoms with Crippen molar-refractivity contribution in [3.8, 4) is 5.75 Å². The van der Waals surface area contributed by atoms with E-state index >= 15 is 0 Å². The van der Waals surface area contributed by atoms with Gasteiger partial charge in [-0.05, 0) is 31.2 Å². The minimum Gasteiger partial charge on any atom is -0.481 e. The number of nitrogens with zero attached hydrogens (tertiary/aromatic N) is 1. The van der Waals surface area contributed by atoms with E-state index in [1.165, 1.54) is 6.08 Å². The first kappa shape index (κ1) is 16.4. The second-order valence-electron chi connectivity index (χ2n) is 5.42. The van der Waals surface area contributed by atoms with Crippen molar-refractivity contribution in [2.75, 3.05) is 6.61 Å². The largest absolute Gasteiger partial charge is 0.481 e. The summed E-state index contributed by atoms with van der Waals surface area (Å²) in [6.45, 7) is 1.49. The molecule has 1 N–H and O–H groups in total. The molecular formula is C19H15NO5. The molecule has 2 aromatic carbocycles. The molecule has 6 nitrogen and oxygen atoms in total. The van der Waals surface area contributed by atoms with Gasteiger partial charge in [-0.15, -0.1) is 0 Å². The van der Waals surface area contributed by atoms with Gasteiger partial charge in [0.25, 0.3) is 0 Å². The third kappa shape index (κ3) is 3.92. The summed E-state index contributed by atoms with van der Waals surface area (Å²) in [5.41, 5.74) is 2.47. The minimum atomic E-state index is -1.08. The predicted molar refractivity (Wildman–Crippen MR) is 91.4 cm³/mol. The number of cyclic esters (lactones) is 1. The van der Waals surface area contributed by atoms with Gasteiger partial charge in [-0.1, -0.05) is 35.9 Å². The quantitative estimate of drug-likeness (QED) is 0.670. The van der Waals surface area contributed by atoms with Gasteiger partial charge < -0.3 is 14.6 Å². The molecule has 0 radical (unpaired) electrons. The zero-order valence-corrected chi connectivity index (χ0v) is 13.4. The number of carbonyl (C=O) groups is 2. The van der Waals surface area contributed by atoms with Crippen LogP contribution in [0.3, 0.4) is 0 Å². The molecule has 0 unspecified atom stereocenters. The number of rotatable bonds is 5. The first-order valence-electron chi connectivity index (χ1n) is 7.56. The van der Waals surface area contributed by atoms with Crippen molar-refractivity contribution in [1.82, 2.24) is 0 Å². The topological polar surface area (TPSA) is 85.2 Å². The van der Waals surface area contributed by atoms with Gasteiger partial charge in [-0.2, -0.15) is 0 Å². The standard InChI is InChI=1S/C19H15NO5/c1-12-6-8-13(9-7-12)18-20-15(19(23)25-18)10-14-4-2-3-5-16(14)24-11-17(21)22/h2-10H,11H2,1H3,(H,21,22). The fourth-order valence-electron chi connectivity index (χ4n) is 2.25. The molecule has 0 aromatic heterocycles. The van der Waals surface area contributed by atoms with Crippen molar-refractivity contribution < 1.29 is 24.2 Å². The molecule has 1 heterocycles. The molecule has 126 valence electrons. The van der Waals surface area contributed by atoms with Crippen LogP contribution < -0.4 is 4.74 Å². The molecule has 0 amide bonds. The van der Waals surface area contributed by atoms with Gasteiger partial charge >= 0.3 is 11.9 Å². The maximum Gasteiger partial charge on any atom is 0.363 e. The second-order valence-corrected chi connectivity index (χ2v) is 5.42. The van der Waals surface area contributed by atoms with Gasteiger partial charge in [0.05, 0.1) is 0 Å². The summed E-state index contributed by atoms with van der Waals surface area (Å²) < 4.78 is 10.4. The van der Waals surface area contributed by atoms with Crippen LogP contribution in [0.25, 0.3) is 6.08 Å². The Hall–Kier alpha value is -3.41. The van der Waals surface area contributed by atoms with E-state index in [4.69, 9.17) is 14.6 Å². The Balaban J connectivity index is 1.89. The fourth-order valence-corrected chi connectivity index (χ4v) is 2.25. The number of hydrogen-bond acceptors (Lipinski definition) is 5. The van der Waals surface area contributed by atoms with E-state index in [1.54, 1.807) is 24.3 Å². The van der Waals surface area contributed by atoms with Crippen LogP contribution in [-0.2, 0) is 14.3 Å². The Kier molecular flexibility index (Phi) is 4.61. The van der Waals surface area contributed by atoms with Crippen LogP contribution in [0.4, 0.5) is 0 Å². The predicted octanol–water partition coefficient (Wildman–Crippen LogP) is 2.80. The molecule has 1 aliphatic heterocycles. The number of aliphatic imine (C=N–C) groups is 1. The highest BCUT2D eigenvalue weighted by atomic mass is 16.6. The van der Waals surface area contributed by atoms with Gasteiger partial charge in [-0.25, -0.2) is 14.6 Å². The van der Waals surface area contributed by atoms with Crippen LogP contribution in [0, 0.1) is 6.92 Å². The number of para-hydroxylation sites is 1. The first-order valence-corrected chi connectivity index (χ1v) is 7.56. The monoisotopic (exact) mass is 337 g/mol. The second kappa shape index (κ2) is 7.00. The van der Waals surface area contributed by atoms with Crippen molar-refractivity contribution in [1.29, 1.82) is 0 Å². The number of aryl methyl sites for hydroxylation is 1. The van der Waals surface area contributed by atoms with Crippen molar-refractivity contribution in [2.24, 2.45) is 4.99 Å². The summed E-state index contributed by atoms with van der Waals surface area (Å²) in [6, 6.07) is 14.3. The molecule has 0 saturated carbocycles. The summed E-state index contributed by atoms with van der Waals surface area (Å²) in [4.78, 5) is 27.0. The van der Waals surface area contributed by atoms with Gasteiger partial charge in [0.1, 0.15) is 5.75 Å². The molecule has 0 spiro atoms. The summed E-state index contributed by atoms with van der Waals surface area (Å²) in [5, 5.41) is 8.74. The van der Waals surface area contributed by atoms with Crippen LogP contribution in [0.1, 0.15) is 16.7 Å². The molecule has 6 heteroatoms. The van der Waals surface area contributed by atoms with Crippen LogP contribution in [-0.4, -0.2) is 29.5 Å². The number of carboxylic acids is 1. The van der Waals surface area contributed by atoms with Gasteiger partial charge in [0, 0.05) is 11.1 Å². The summed E-state index contributed by atoms with van der Waals surface area (Å²) in [7, 11) is 0. The van der Waals surface area contributed by atoms with E-state index in [1.807, 2.05) is 31.2 Å². The highest BCUT2D eigenvalue weighted by Gasteiger charge is 2.24. The molecule has 0 bridgehead atoms. The Morgan fingerprint density at radius 1 is 1.20 bits per heavy atom. The summed E-state index contributed by atoms with van der Waals surface area (Å²) >= 11 is 0. The van der Waals surface area contributed by atoms with E-state index in [0.29, 0.717) is 16.9 Å². The Bertz CT molecular complexity index is 881. The Labute approximate surface area is 144 Å². The highest BCUT2D eigenvalue weighted by molar-refractivity contribution is 6.12. The van der Waals surface area contributed by atoms with E-state index in [2.05, 4.69) is 4.99 Å². The average Bonchev–Trinajstić information content (AvgIpc) is 2.95. The number of carboxylic acid groups (broad SMARTS) is 1. The number of aliphatic carboxylic acids is 1. The van der Waals surface area contributed by atoms with Crippen LogP contribution in [0.2, 0.25) is 0 Å². The summed E-state index contributed by atoms with van der Waals surface area (Å²) in [6.07, 6.45) is 1.51. The van der Waals surface area contributed by atoms with Crippen molar-refractivity contribution in [3.63, 3.8) is 0 Å². The highest BCUT2D eigenvalue weighted by Crippen LogP contribution is 2.24. The van der Waals surface area contributed by atoms with Crippen LogP contribution in [0.5, 0.6) is 5.75 Å². The van der Waals surface area contributed by atoms with Gasteiger partial charge in [-0.3, -0.25) is 0 Å². The lowest BCUT2D eigenvalue weighted by Crippen LogP contribution is -2.10. The number of carbonyl (C=O) groups excluding carboxylic acids is 1. The van der Waals surface area contributed by atoms with Gasteiger partial charge in [0.15, 0.2) is 12.3 Å². The number of benzene rings is 2. The third-order valence-corrected chi connectivity index (χ3v) is 3.48. The molecule has 2 aromatic rings. The molecule has 1 aliphatic rings. The average molecular weight is 337 g/mol. The van der Waals surface area contributed by atoms with Crippen LogP contribution in [0.15, 0.2) is 59.2 Å². The van der Waals surface area contributed by atoms with Crippen molar-refractivity contribution in [3.05, 3.63) is 70.9 Å². The Morgan fingerprint density at radius 3 is 2.64 bits per heavy atom. The lowest BCUT2D eigenvalue weighted by molar-refractivity contribution is -0.139. The molecule has 0 aliphatic carbocycles. The fraction of sp³-hybridized carbons (Fsp3) is 0.105. The number of ether oxygens (including phenoxy) is 2. The smallest absolute Gasteiger partial charge is 0.363 e. The Morgan fingerprint density at radius 2 is 1.92 bits per heavy atom. The van der Waals surface area contributed by atoms with E-state index in [9.17, 15) is 9.59 Å².